The van der Waals surface area contributed by atoms with E-state index >= 15 is 0 Å². The van der Waals surface area contributed by atoms with Crippen molar-refractivity contribution in [3.63, 3.8) is 0 Å². The number of ether oxygens (including phenoxy) is 1. The van der Waals surface area contributed by atoms with Crippen LogP contribution in [0.5, 0.6) is 0 Å². The molecular formula is C13H26N2O. The molecule has 0 saturated carbocycles. The molecule has 94 valence electrons. The van der Waals surface area contributed by atoms with Crippen molar-refractivity contribution in [2.45, 2.75) is 58.8 Å². The van der Waals surface area contributed by atoms with Crippen LogP contribution in [0.15, 0.2) is 0 Å². The molecule has 3 heteroatoms. The average molecular weight is 226 g/mol. The second kappa shape index (κ2) is 4.63. The minimum absolute atomic E-state index is 0.248. The molecule has 2 atom stereocenters. The second-order valence-corrected chi connectivity index (χ2v) is 6.32. The fourth-order valence-corrected chi connectivity index (χ4v) is 2.83. The van der Waals surface area contributed by atoms with Crippen LogP contribution in [0.1, 0.15) is 40.5 Å². The first kappa shape index (κ1) is 12.3. The average Bonchev–Trinajstić information content (AvgIpc) is 2.66. The summed E-state index contributed by atoms with van der Waals surface area (Å²) in [6.07, 6.45) is 2.84. The molecule has 16 heavy (non-hydrogen) atoms. The van der Waals surface area contributed by atoms with Crippen molar-refractivity contribution in [1.82, 2.24) is 10.2 Å². The van der Waals surface area contributed by atoms with Crippen LogP contribution in [0.2, 0.25) is 0 Å². The Morgan fingerprint density at radius 2 is 2.12 bits per heavy atom. The Hall–Kier alpha value is -0.120. The van der Waals surface area contributed by atoms with Gasteiger partial charge in [-0.25, -0.2) is 0 Å². The maximum atomic E-state index is 6.00. The third-order valence-corrected chi connectivity index (χ3v) is 3.79. The lowest BCUT2D eigenvalue weighted by Crippen LogP contribution is -2.57. The summed E-state index contributed by atoms with van der Waals surface area (Å²) in [5.74, 6) is 0. The van der Waals surface area contributed by atoms with Gasteiger partial charge in [-0.1, -0.05) is 13.8 Å². The van der Waals surface area contributed by atoms with E-state index in [4.69, 9.17) is 4.74 Å². The first-order chi connectivity index (χ1) is 7.49. The zero-order chi connectivity index (χ0) is 11.8. The highest BCUT2D eigenvalue weighted by Gasteiger charge is 2.37. The summed E-state index contributed by atoms with van der Waals surface area (Å²) in [6.45, 7) is 12.3. The summed E-state index contributed by atoms with van der Waals surface area (Å²) >= 11 is 0. The highest BCUT2D eigenvalue weighted by Crippen LogP contribution is 2.27. The number of nitrogens with zero attached hydrogens (tertiary/aromatic N) is 1. The molecular weight excluding hydrogens is 200 g/mol. The molecule has 2 rings (SSSR count). The zero-order valence-electron chi connectivity index (χ0n) is 11.1. The summed E-state index contributed by atoms with van der Waals surface area (Å²) < 4.78 is 6.00. The first-order valence-corrected chi connectivity index (χ1v) is 6.60. The number of hydrogen-bond acceptors (Lipinski definition) is 3. The summed E-state index contributed by atoms with van der Waals surface area (Å²) in [5, 5.41) is 3.57. The molecule has 0 aromatic carbocycles. The Kier molecular flexibility index (Phi) is 3.57. The van der Waals surface area contributed by atoms with E-state index in [1.165, 1.54) is 19.4 Å². The van der Waals surface area contributed by atoms with E-state index in [9.17, 15) is 0 Å². The standard InChI is InChI=1S/C13H26N2O/c1-10(2)15-7-5-6-11(15)12-14-8-13(3,4)9-16-12/h10-12,14H,5-9H2,1-4H3. The van der Waals surface area contributed by atoms with Gasteiger partial charge in [-0.05, 0) is 33.2 Å². The monoisotopic (exact) mass is 226 g/mol. The van der Waals surface area contributed by atoms with Crippen LogP contribution >= 0.6 is 0 Å². The molecule has 0 radical (unpaired) electrons. The Morgan fingerprint density at radius 1 is 1.38 bits per heavy atom. The van der Waals surface area contributed by atoms with Gasteiger partial charge in [0.1, 0.15) is 6.23 Å². The summed E-state index contributed by atoms with van der Waals surface area (Å²) in [4.78, 5) is 2.58. The summed E-state index contributed by atoms with van der Waals surface area (Å²) in [5.41, 5.74) is 0.289. The topological polar surface area (TPSA) is 24.5 Å². The van der Waals surface area contributed by atoms with Gasteiger partial charge < -0.3 is 4.74 Å². The number of hydrogen-bond donors (Lipinski definition) is 1. The van der Waals surface area contributed by atoms with Gasteiger partial charge in [0.2, 0.25) is 0 Å². The molecule has 0 aromatic heterocycles. The first-order valence-electron chi connectivity index (χ1n) is 6.60. The van der Waals surface area contributed by atoms with Crippen LogP contribution in [0, 0.1) is 5.41 Å². The van der Waals surface area contributed by atoms with Crippen LogP contribution < -0.4 is 5.32 Å². The van der Waals surface area contributed by atoms with Gasteiger partial charge in [0.15, 0.2) is 0 Å². The van der Waals surface area contributed by atoms with Crippen molar-refractivity contribution in [2.24, 2.45) is 5.41 Å². The maximum Gasteiger partial charge on any atom is 0.123 e. The second-order valence-electron chi connectivity index (χ2n) is 6.32. The largest absolute Gasteiger partial charge is 0.361 e. The Labute approximate surface area is 99.5 Å². The van der Waals surface area contributed by atoms with Gasteiger partial charge in [0.05, 0.1) is 6.61 Å². The molecule has 2 unspecified atom stereocenters. The zero-order valence-corrected chi connectivity index (χ0v) is 11.1. The molecule has 0 spiro atoms. The van der Waals surface area contributed by atoms with Gasteiger partial charge in [0, 0.05) is 24.0 Å². The maximum absolute atomic E-state index is 6.00. The van der Waals surface area contributed by atoms with Gasteiger partial charge >= 0.3 is 0 Å². The highest BCUT2D eigenvalue weighted by atomic mass is 16.5. The van der Waals surface area contributed by atoms with Crippen molar-refractivity contribution in [3.8, 4) is 0 Å². The fraction of sp³-hybridized carbons (Fsp3) is 1.00. The Bertz CT molecular complexity index is 230. The minimum Gasteiger partial charge on any atom is -0.361 e. The summed E-state index contributed by atoms with van der Waals surface area (Å²) in [7, 11) is 0. The van der Waals surface area contributed by atoms with E-state index in [1.807, 2.05) is 0 Å². The minimum atomic E-state index is 0.248. The molecule has 0 aliphatic carbocycles. The quantitative estimate of drug-likeness (QED) is 0.777. The smallest absolute Gasteiger partial charge is 0.123 e. The lowest BCUT2D eigenvalue weighted by atomic mass is 9.93. The van der Waals surface area contributed by atoms with Crippen molar-refractivity contribution in [1.29, 1.82) is 0 Å². The third kappa shape index (κ3) is 2.58. The van der Waals surface area contributed by atoms with E-state index in [2.05, 4.69) is 37.9 Å². The fourth-order valence-electron chi connectivity index (χ4n) is 2.83. The van der Waals surface area contributed by atoms with Crippen molar-refractivity contribution >= 4 is 0 Å². The van der Waals surface area contributed by atoms with E-state index < -0.39 is 0 Å². The van der Waals surface area contributed by atoms with Crippen LogP contribution in [-0.4, -0.2) is 42.9 Å². The van der Waals surface area contributed by atoms with E-state index in [0.29, 0.717) is 12.1 Å². The predicted octanol–water partition coefficient (Wildman–Crippen LogP) is 1.83. The van der Waals surface area contributed by atoms with Crippen molar-refractivity contribution < 1.29 is 4.74 Å². The van der Waals surface area contributed by atoms with Crippen LogP contribution in [0.25, 0.3) is 0 Å². The lowest BCUT2D eigenvalue weighted by molar-refractivity contribution is -0.0929. The molecule has 0 bridgehead atoms. The number of likely N-dealkylation sites (tertiary alicyclic amines) is 1. The van der Waals surface area contributed by atoms with E-state index in [0.717, 1.165) is 13.2 Å². The predicted molar refractivity (Wildman–Crippen MR) is 66.4 cm³/mol. The number of nitrogens with one attached hydrogen (secondary N) is 1. The van der Waals surface area contributed by atoms with Gasteiger partial charge in [-0.3, -0.25) is 10.2 Å². The molecule has 2 saturated heterocycles. The van der Waals surface area contributed by atoms with Crippen molar-refractivity contribution in [3.05, 3.63) is 0 Å². The van der Waals surface area contributed by atoms with Crippen LogP contribution in [0.4, 0.5) is 0 Å². The molecule has 0 amide bonds. The van der Waals surface area contributed by atoms with Crippen LogP contribution in [-0.2, 0) is 4.74 Å². The molecule has 2 fully saturated rings. The van der Waals surface area contributed by atoms with Gasteiger partial charge in [0.25, 0.3) is 0 Å². The number of rotatable bonds is 2. The molecule has 2 aliphatic rings. The molecule has 0 aromatic rings. The Morgan fingerprint density at radius 3 is 2.69 bits per heavy atom. The summed E-state index contributed by atoms with van der Waals surface area (Å²) in [6, 6.07) is 1.21. The lowest BCUT2D eigenvalue weighted by Gasteiger charge is -2.41. The Balaban J connectivity index is 1.93. The molecule has 2 aliphatic heterocycles. The highest BCUT2D eigenvalue weighted by molar-refractivity contribution is 4.90. The van der Waals surface area contributed by atoms with E-state index in [-0.39, 0.29) is 11.6 Å². The van der Waals surface area contributed by atoms with Crippen molar-refractivity contribution in [2.75, 3.05) is 19.7 Å². The van der Waals surface area contributed by atoms with E-state index in [1.54, 1.807) is 0 Å². The normalized spacial score (nSPS) is 35.8. The van der Waals surface area contributed by atoms with Crippen LogP contribution in [0.3, 0.4) is 0 Å². The molecule has 3 nitrogen and oxygen atoms in total. The van der Waals surface area contributed by atoms with Gasteiger partial charge in [-0.15, -0.1) is 0 Å². The molecule has 1 N–H and O–H groups in total. The molecule has 2 heterocycles. The SMILES string of the molecule is CC(C)N1CCCC1C1NCC(C)(C)CO1. The van der Waals surface area contributed by atoms with Gasteiger partial charge in [-0.2, -0.15) is 0 Å². The third-order valence-electron chi connectivity index (χ3n) is 3.79.